The number of carbonyl (C=O) groups is 1. The highest BCUT2D eigenvalue weighted by Crippen LogP contribution is 2.30. The topological polar surface area (TPSA) is 102 Å². The number of ether oxygens (including phenoxy) is 2. The number of benzene rings is 2. The number of sulfonamides is 1. The van der Waals surface area contributed by atoms with Gasteiger partial charge in [0.2, 0.25) is 0 Å². The van der Waals surface area contributed by atoms with Crippen LogP contribution in [-0.2, 0) is 10.0 Å². The summed E-state index contributed by atoms with van der Waals surface area (Å²) in [6.45, 7) is 0. The maximum atomic E-state index is 12.4. The molecule has 2 rings (SSSR count). The SMILES string of the molecule is COc1ccc(S(=O)(=O)Nc2cccc(C(=O)O)c2)cc1OC. The van der Waals surface area contributed by atoms with Crippen molar-refractivity contribution in [2.24, 2.45) is 0 Å². The van der Waals surface area contributed by atoms with Crippen molar-refractivity contribution < 1.29 is 27.8 Å². The molecule has 0 atom stereocenters. The molecule has 0 aliphatic carbocycles. The third-order valence-corrected chi connectivity index (χ3v) is 4.41. The van der Waals surface area contributed by atoms with Crippen LogP contribution in [0.15, 0.2) is 47.4 Å². The molecule has 0 saturated carbocycles. The molecule has 0 fully saturated rings. The third kappa shape index (κ3) is 3.72. The summed E-state index contributed by atoms with van der Waals surface area (Å²) in [5.74, 6) is -0.467. The predicted octanol–water partition coefficient (Wildman–Crippen LogP) is 2.20. The molecule has 0 spiro atoms. The van der Waals surface area contributed by atoms with Gasteiger partial charge in [0.25, 0.3) is 10.0 Å². The molecule has 0 amide bonds. The first-order valence-electron chi connectivity index (χ1n) is 6.45. The molecular formula is C15H15NO6S. The number of hydrogen-bond acceptors (Lipinski definition) is 5. The largest absolute Gasteiger partial charge is 0.493 e. The number of aromatic carboxylic acids is 1. The smallest absolute Gasteiger partial charge is 0.335 e. The minimum atomic E-state index is -3.89. The number of carboxylic acid groups (broad SMARTS) is 1. The van der Waals surface area contributed by atoms with Crippen LogP contribution < -0.4 is 14.2 Å². The molecule has 2 aromatic carbocycles. The molecule has 8 heteroatoms. The maximum absolute atomic E-state index is 12.4. The van der Waals surface area contributed by atoms with Gasteiger partial charge in [0.1, 0.15) is 0 Å². The van der Waals surface area contributed by atoms with Crippen molar-refractivity contribution in [2.45, 2.75) is 4.90 Å². The van der Waals surface area contributed by atoms with E-state index in [1.165, 1.54) is 56.7 Å². The summed E-state index contributed by atoms with van der Waals surface area (Å²) in [5.41, 5.74) is 0.136. The van der Waals surface area contributed by atoms with Crippen LogP contribution in [-0.4, -0.2) is 33.7 Å². The zero-order chi connectivity index (χ0) is 17.0. The summed E-state index contributed by atoms with van der Waals surface area (Å²) in [5, 5.41) is 8.94. The van der Waals surface area contributed by atoms with Gasteiger partial charge < -0.3 is 14.6 Å². The molecule has 0 radical (unpaired) electrons. The van der Waals surface area contributed by atoms with E-state index >= 15 is 0 Å². The highest BCUT2D eigenvalue weighted by atomic mass is 32.2. The lowest BCUT2D eigenvalue weighted by molar-refractivity contribution is 0.0697. The Morgan fingerprint density at radius 1 is 1.04 bits per heavy atom. The molecule has 0 saturated heterocycles. The van der Waals surface area contributed by atoms with Crippen molar-refractivity contribution >= 4 is 21.7 Å². The van der Waals surface area contributed by atoms with Crippen LogP contribution in [0.5, 0.6) is 11.5 Å². The van der Waals surface area contributed by atoms with Gasteiger partial charge in [-0.2, -0.15) is 0 Å². The van der Waals surface area contributed by atoms with Crippen molar-refractivity contribution in [3.63, 3.8) is 0 Å². The van der Waals surface area contributed by atoms with Gasteiger partial charge in [0, 0.05) is 11.8 Å². The van der Waals surface area contributed by atoms with Gasteiger partial charge >= 0.3 is 5.97 Å². The van der Waals surface area contributed by atoms with Crippen LogP contribution in [0.25, 0.3) is 0 Å². The molecule has 0 aliphatic heterocycles. The Morgan fingerprint density at radius 2 is 1.74 bits per heavy atom. The molecule has 0 aliphatic rings. The van der Waals surface area contributed by atoms with E-state index in [-0.39, 0.29) is 21.9 Å². The number of nitrogens with one attached hydrogen (secondary N) is 1. The summed E-state index contributed by atoms with van der Waals surface area (Å²) in [6, 6.07) is 9.69. The maximum Gasteiger partial charge on any atom is 0.335 e. The lowest BCUT2D eigenvalue weighted by Crippen LogP contribution is -2.13. The highest BCUT2D eigenvalue weighted by Gasteiger charge is 2.17. The summed E-state index contributed by atoms with van der Waals surface area (Å²) in [7, 11) is -1.04. The predicted molar refractivity (Wildman–Crippen MR) is 83.8 cm³/mol. The second-order valence-electron chi connectivity index (χ2n) is 4.51. The van der Waals surface area contributed by atoms with Gasteiger partial charge in [-0.1, -0.05) is 6.07 Å². The summed E-state index contributed by atoms with van der Waals surface area (Å²) in [4.78, 5) is 10.9. The zero-order valence-electron chi connectivity index (χ0n) is 12.4. The number of methoxy groups -OCH3 is 2. The van der Waals surface area contributed by atoms with E-state index < -0.39 is 16.0 Å². The Labute approximate surface area is 133 Å². The molecule has 122 valence electrons. The standard InChI is InChI=1S/C15H15NO6S/c1-21-13-7-6-12(9-14(13)22-2)23(19,20)16-11-5-3-4-10(8-11)15(17)18/h3-9,16H,1-2H3,(H,17,18). The van der Waals surface area contributed by atoms with E-state index in [1.807, 2.05) is 0 Å². The number of hydrogen-bond donors (Lipinski definition) is 2. The van der Waals surface area contributed by atoms with Crippen LogP contribution in [0, 0.1) is 0 Å². The number of carboxylic acids is 1. The van der Waals surface area contributed by atoms with Gasteiger partial charge in [-0.15, -0.1) is 0 Å². The first-order valence-corrected chi connectivity index (χ1v) is 7.94. The van der Waals surface area contributed by atoms with E-state index in [2.05, 4.69) is 4.72 Å². The van der Waals surface area contributed by atoms with Crippen molar-refractivity contribution in [2.75, 3.05) is 18.9 Å². The fourth-order valence-electron chi connectivity index (χ4n) is 1.91. The zero-order valence-corrected chi connectivity index (χ0v) is 13.3. The first kappa shape index (κ1) is 16.6. The van der Waals surface area contributed by atoms with Gasteiger partial charge in [-0.3, -0.25) is 4.72 Å². The molecule has 0 unspecified atom stereocenters. The molecular weight excluding hydrogens is 322 g/mol. The van der Waals surface area contributed by atoms with E-state index in [0.29, 0.717) is 5.75 Å². The van der Waals surface area contributed by atoms with Crippen molar-refractivity contribution in [1.29, 1.82) is 0 Å². The van der Waals surface area contributed by atoms with Crippen molar-refractivity contribution in [1.82, 2.24) is 0 Å². The van der Waals surface area contributed by atoms with Gasteiger partial charge in [-0.05, 0) is 30.3 Å². The second-order valence-corrected chi connectivity index (χ2v) is 6.19. The Morgan fingerprint density at radius 3 is 2.35 bits per heavy atom. The molecule has 0 bridgehead atoms. The van der Waals surface area contributed by atoms with E-state index in [1.54, 1.807) is 0 Å². The average molecular weight is 337 g/mol. The van der Waals surface area contributed by atoms with Gasteiger partial charge in [0.05, 0.1) is 24.7 Å². The Kier molecular flexibility index (Phi) is 4.75. The normalized spacial score (nSPS) is 10.9. The van der Waals surface area contributed by atoms with E-state index in [4.69, 9.17) is 14.6 Å². The average Bonchev–Trinajstić information content (AvgIpc) is 2.53. The summed E-state index contributed by atoms with van der Waals surface area (Å²) < 4.78 is 37.3. The quantitative estimate of drug-likeness (QED) is 0.838. The van der Waals surface area contributed by atoms with Crippen molar-refractivity contribution in [3.05, 3.63) is 48.0 Å². The molecule has 23 heavy (non-hydrogen) atoms. The molecule has 0 aromatic heterocycles. The second kappa shape index (κ2) is 6.57. The van der Waals surface area contributed by atoms with Crippen molar-refractivity contribution in [3.8, 4) is 11.5 Å². The lowest BCUT2D eigenvalue weighted by atomic mass is 10.2. The highest BCUT2D eigenvalue weighted by molar-refractivity contribution is 7.92. The first-order chi connectivity index (χ1) is 10.9. The Bertz CT molecular complexity index is 832. The Balaban J connectivity index is 2.35. The minimum absolute atomic E-state index is 0.0162. The van der Waals surface area contributed by atoms with Crippen LogP contribution in [0.3, 0.4) is 0 Å². The molecule has 2 aromatic rings. The summed E-state index contributed by atoms with van der Waals surface area (Å²) >= 11 is 0. The van der Waals surface area contributed by atoms with Crippen LogP contribution in [0.2, 0.25) is 0 Å². The van der Waals surface area contributed by atoms with Crippen LogP contribution in [0.4, 0.5) is 5.69 Å². The number of anilines is 1. The fraction of sp³-hybridized carbons (Fsp3) is 0.133. The molecule has 7 nitrogen and oxygen atoms in total. The van der Waals surface area contributed by atoms with Gasteiger partial charge in [0.15, 0.2) is 11.5 Å². The third-order valence-electron chi connectivity index (χ3n) is 3.03. The minimum Gasteiger partial charge on any atom is -0.493 e. The number of rotatable bonds is 6. The lowest BCUT2D eigenvalue weighted by Gasteiger charge is -2.12. The monoisotopic (exact) mass is 337 g/mol. The van der Waals surface area contributed by atoms with Gasteiger partial charge in [-0.25, -0.2) is 13.2 Å². The Hall–Kier alpha value is -2.74. The van der Waals surface area contributed by atoms with Crippen LogP contribution in [0.1, 0.15) is 10.4 Å². The molecule has 0 heterocycles. The fourth-order valence-corrected chi connectivity index (χ4v) is 2.98. The summed E-state index contributed by atoms with van der Waals surface area (Å²) in [6.07, 6.45) is 0. The van der Waals surface area contributed by atoms with E-state index in [9.17, 15) is 13.2 Å². The molecule has 2 N–H and O–H groups in total. The van der Waals surface area contributed by atoms with E-state index in [0.717, 1.165) is 0 Å². The van der Waals surface area contributed by atoms with Crippen LogP contribution >= 0.6 is 0 Å².